The molecule has 180 valence electrons. The molecule has 0 unspecified atom stereocenters. The molecule has 0 spiro atoms. The van der Waals surface area contributed by atoms with Crippen LogP contribution in [-0.2, 0) is 14.6 Å². The van der Waals surface area contributed by atoms with Crippen LogP contribution in [0.15, 0.2) is 63.5 Å². The number of carbonyl (C=O) groups is 2. The van der Waals surface area contributed by atoms with Gasteiger partial charge in [0.05, 0.1) is 35.4 Å². The summed E-state index contributed by atoms with van der Waals surface area (Å²) >= 11 is 0.742. The van der Waals surface area contributed by atoms with Crippen LogP contribution in [0, 0.1) is 5.41 Å². The summed E-state index contributed by atoms with van der Waals surface area (Å²) in [5, 5.41) is 7.43. The van der Waals surface area contributed by atoms with E-state index in [1.54, 1.807) is 36.4 Å². The van der Waals surface area contributed by atoms with Gasteiger partial charge in [-0.05, 0) is 55.8 Å². The molecule has 2 aliphatic rings. The summed E-state index contributed by atoms with van der Waals surface area (Å²) < 4.78 is 39.7. The Kier molecular flexibility index (Phi) is 6.59. The number of hydrogen-bond donors (Lipinski definition) is 1. The lowest BCUT2D eigenvalue weighted by Gasteiger charge is -2.25. The maximum atomic E-state index is 12.7. The number of benzene rings is 2. The molecule has 35 heavy (non-hydrogen) atoms. The van der Waals surface area contributed by atoms with E-state index in [0.29, 0.717) is 16.9 Å². The molecule has 0 atom stereocenters. The zero-order chi connectivity index (χ0) is 25.3. The summed E-state index contributed by atoms with van der Waals surface area (Å²) in [4.78, 5) is 29.9. The maximum absolute atomic E-state index is 12.7. The molecule has 4 rings (SSSR count). The highest BCUT2D eigenvalue weighted by Gasteiger charge is 2.43. The Morgan fingerprint density at radius 1 is 1.14 bits per heavy atom. The van der Waals surface area contributed by atoms with Gasteiger partial charge < -0.3 is 9.47 Å². The van der Waals surface area contributed by atoms with Crippen molar-refractivity contribution < 1.29 is 27.5 Å². The summed E-state index contributed by atoms with van der Waals surface area (Å²) in [6.07, 6.45) is 1.42. The molecule has 1 N–H and O–H groups in total. The minimum atomic E-state index is -3.80. The van der Waals surface area contributed by atoms with Gasteiger partial charge in [-0.15, -0.1) is 0 Å². The Balaban J connectivity index is 1.55. The number of rotatable bonds is 5. The molecule has 12 heteroatoms. The number of methoxy groups -OCH3 is 1. The highest BCUT2D eigenvalue weighted by atomic mass is 32.2. The van der Waals surface area contributed by atoms with Crippen molar-refractivity contribution in [2.24, 2.45) is 9.39 Å². The maximum Gasteiger partial charge on any atom is 0.343 e. The second-order valence-corrected chi connectivity index (χ2v) is 10.8. The third-order valence-corrected chi connectivity index (χ3v) is 7.92. The van der Waals surface area contributed by atoms with Crippen molar-refractivity contribution in [1.29, 1.82) is 5.41 Å². The number of nitrogens with zero attached hydrogens (tertiary/aromatic N) is 3. The standard InChI is InChI=1S/C23H20N4O6S2/c1-13(2)35(30,31)23-26-34-22-25-20(28)18(19(24)27(22)23)11-14-7-9-16(10-8-14)33-21(29)15-5-4-6-17(12-15)32-3/h4-13,24H,1-3H3/b18-11-,24-19?. The summed E-state index contributed by atoms with van der Waals surface area (Å²) in [6, 6.07) is 12.8. The van der Waals surface area contributed by atoms with Crippen LogP contribution in [0.2, 0.25) is 0 Å². The number of sulfone groups is 1. The van der Waals surface area contributed by atoms with E-state index in [1.165, 1.54) is 39.2 Å². The van der Waals surface area contributed by atoms with Crippen molar-refractivity contribution in [2.45, 2.75) is 19.1 Å². The third-order valence-electron chi connectivity index (χ3n) is 5.08. The molecule has 0 aromatic heterocycles. The van der Waals surface area contributed by atoms with Gasteiger partial charge in [0.25, 0.3) is 5.91 Å². The van der Waals surface area contributed by atoms with Crippen LogP contribution < -0.4 is 9.47 Å². The van der Waals surface area contributed by atoms with Gasteiger partial charge >= 0.3 is 5.97 Å². The number of ether oxygens (including phenoxy) is 2. The van der Waals surface area contributed by atoms with Gasteiger partial charge in [0.15, 0.2) is 0 Å². The molecule has 1 amide bonds. The van der Waals surface area contributed by atoms with E-state index in [0.717, 1.165) is 16.8 Å². The highest BCUT2D eigenvalue weighted by molar-refractivity contribution is 8.16. The number of nitrogens with one attached hydrogen (secondary N) is 1. The van der Waals surface area contributed by atoms with Gasteiger partial charge in [-0.1, -0.05) is 18.2 Å². The smallest absolute Gasteiger partial charge is 0.343 e. The molecule has 0 bridgehead atoms. The molecule has 0 aliphatic carbocycles. The Morgan fingerprint density at radius 2 is 1.86 bits per heavy atom. The van der Waals surface area contributed by atoms with E-state index < -0.39 is 27.0 Å². The Hall–Kier alpha value is -3.77. The third kappa shape index (κ3) is 4.75. The lowest BCUT2D eigenvalue weighted by Crippen LogP contribution is -2.46. The van der Waals surface area contributed by atoms with Crippen molar-refractivity contribution in [3.8, 4) is 11.5 Å². The molecule has 0 saturated carbocycles. The van der Waals surface area contributed by atoms with Crippen LogP contribution in [0.5, 0.6) is 11.5 Å². The van der Waals surface area contributed by atoms with E-state index in [2.05, 4.69) is 9.39 Å². The second-order valence-electron chi connectivity index (χ2n) is 7.69. The van der Waals surface area contributed by atoms with Crippen LogP contribution >= 0.6 is 11.9 Å². The van der Waals surface area contributed by atoms with E-state index >= 15 is 0 Å². The number of esters is 1. The zero-order valence-corrected chi connectivity index (χ0v) is 20.5. The monoisotopic (exact) mass is 512 g/mol. The van der Waals surface area contributed by atoms with Crippen LogP contribution in [0.25, 0.3) is 6.08 Å². The molecular weight excluding hydrogens is 492 g/mol. The largest absolute Gasteiger partial charge is 0.497 e. The summed E-state index contributed by atoms with van der Waals surface area (Å²) in [5.41, 5.74) is 0.752. The Bertz CT molecular complexity index is 1430. The van der Waals surface area contributed by atoms with Crippen LogP contribution in [-0.4, -0.2) is 53.7 Å². The Morgan fingerprint density at radius 3 is 2.51 bits per heavy atom. The van der Waals surface area contributed by atoms with Crippen LogP contribution in [0.3, 0.4) is 0 Å². The van der Waals surface area contributed by atoms with E-state index in [4.69, 9.17) is 14.9 Å². The average Bonchev–Trinajstić information content (AvgIpc) is 3.27. The zero-order valence-electron chi connectivity index (χ0n) is 18.9. The van der Waals surface area contributed by atoms with Gasteiger partial charge in [-0.3, -0.25) is 10.2 Å². The first kappa shape index (κ1) is 24.4. The van der Waals surface area contributed by atoms with Gasteiger partial charge in [-0.25, -0.2) is 18.1 Å². The van der Waals surface area contributed by atoms with Crippen molar-refractivity contribution >= 4 is 55.9 Å². The van der Waals surface area contributed by atoms with Gasteiger partial charge in [0.1, 0.15) is 17.3 Å². The molecule has 2 aliphatic heterocycles. The van der Waals surface area contributed by atoms with E-state index in [-0.39, 0.29) is 27.5 Å². The SMILES string of the molecule is COc1cccc(C(=O)Oc2ccc(/C=C3/C(=N)N4C(=NC3=O)SN=C4S(=O)(=O)C(C)C)cc2)c1. The van der Waals surface area contributed by atoms with Crippen molar-refractivity contribution in [1.82, 2.24) is 4.90 Å². The van der Waals surface area contributed by atoms with E-state index in [9.17, 15) is 18.0 Å². The van der Waals surface area contributed by atoms with Crippen molar-refractivity contribution in [2.75, 3.05) is 7.11 Å². The predicted molar refractivity (Wildman–Crippen MR) is 133 cm³/mol. The molecule has 2 aromatic carbocycles. The van der Waals surface area contributed by atoms with E-state index in [1.807, 2.05) is 0 Å². The number of carbonyl (C=O) groups excluding carboxylic acids is 2. The van der Waals surface area contributed by atoms with Gasteiger partial charge in [0.2, 0.25) is 20.2 Å². The van der Waals surface area contributed by atoms with Crippen LogP contribution in [0.4, 0.5) is 0 Å². The quantitative estimate of drug-likeness (QED) is 0.279. The number of amidine groups is 3. The number of hydrogen-bond acceptors (Lipinski definition) is 9. The molecule has 0 radical (unpaired) electrons. The topological polar surface area (TPSA) is 139 Å². The molecule has 0 saturated heterocycles. The number of aliphatic imine (C=N–C) groups is 1. The fourth-order valence-corrected chi connectivity index (χ4v) is 5.17. The lowest BCUT2D eigenvalue weighted by molar-refractivity contribution is -0.114. The fraction of sp³-hybridized carbons (Fsp3) is 0.174. The molecular formula is C23H20N4O6S2. The Labute approximate surface area is 205 Å². The first-order valence-electron chi connectivity index (χ1n) is 10.3. The predicted octanol–water partition coefficient (Wildman–Crippen LogP) is 3.31. The second kappa shape index (κ2) is 9.47. The van der Waals surface area contributed by atoms with Crippen molar-refractivity contribution in [3.63, 3.8) is 0 Å². The van der Waals surface area contributed by atoms with Gasteiger partial charge in [-0.2, -0.15) is 9.39 Å². The summed E-state index contributed by atoms with van der Waals surface area (Å²) in [5.74, 6) is -0.774. The average molecular weight is 513 g/mol. The minimum absolute atomic E-state index is 0.0242. The summed E-state index contributed by atoms with van der Waals surface area (Å²) in [7, 11) is -2.30. The van der Waals surface area contributed by atoms with Crippen molar-refractivity contribution in [3.05, 3.63) is 65.2 Å². The first-order valence-corrected chi connectivity index (χ1v) is 12.6. The highest BCUT2D eigenvalue weighted by Crippen LogP contribution is 2.31. The van der Waals surface area contributed by atoms with Gasteiger partial charge in [0, 0.05) is 0 Å². The minimum Gasteiger partial charge on any atom is -0.497 e. The lowest BCUT2D eigenvalue weighted by atomic mass is 10.1. The number of amides is 1. The molecule has 0 fully saturated rings. The molecule has 10 nitrogen and oxygen atoms in total. The number of fused-ring (bicyclic) bond motifs is 1. The first-order chi connectivity index (χ1) is 16.6. The fourth-order valence-electron chi connectivity index (χ4n) is 3.11. The normalized spacial score (nSPS) is 16.8. The molecule has 2 aromatic rings. The molecule has 2 heterocycles. The summed E-state index contributed by atoms with van der Waals surface area (Å²) in [6.45, 7) is 3.02. The van der Waals surface area contributed by atoms with Crippen LogP contribution in [0.1, 0.15) is 29.8 Å².